The first-order valence-electron chi connectivity index (χ1n) is 8.30. The molecule has 0 aromatic heterocycles. The van der Waals surface area contributed by atoms with Gasteiger partial charge >= 0.3 is 5.97 Å². The molecule has 2 aromatic rings. The van der Waals surface area contributed by atoms with Crippen LogP contribution < -0.4 is 0 Å². The van der Waals surface area contributed by atoms with Crippen LogP contribution >= 0.6 is 11.6 Å². The summed E-state index contributed by atoms with van der Waals surface area (Å²) >= 11 is 6.28. The van der Waals surface area contributed by atoms with Crippen LogP contribution in [0.2, 0.25) is 0 Å². The number of rotatable bonds is 8. The van der Waals surface area contributed by atoms with Gasteiger partial charge < -0.3 is 5.11 Å². The van der Waals surface area contributed by atoms with Gasteiger partial charge in [-0.1, -0.05) is 37.3 Å². The number of aromatic carboxylic acids is 1. The third-order valence-electron chi connectivity index (χ3n) is 4.21. The Hall–Kier alpha value is -1.89. The van der Waals surface area contributed by atoms with Crippen molar-refractivity contribution >= 4 is 27.6 Å². The van der Waals surface area contributed by atoms with E-state index in [1.807, 2.05) is 6.92 Å². The van der Waals surface area contributed by atoms with E-state index in [1.54, 1.807) is 49.4 Å². The maximum atomic E-state index is 13.2. The molecule has 2 aromatic carbocycles. The van der Waals surface area contributed by atoms with Crippen molar-refractivity contribution in [1.29, 1.82) is 0 Å². The van der Waals surface area contributed by atoms with Gasteiger partial charge in [-0.15, -0.1) is 11.6 Å². The van der Waals surface area contributed by atoms with Gasteiger partial charge in [0.1, 0.15) is 0 Å². The predicted octanol–water partition coefficient (Wildman–Crippen LogP) is 3.98. The van der Waals surface area contributed by atoms with Crippen molar-refractivity contribution in [1.82, 2.24) is 4.31 Å². The van der Waals surface area contributed by atoms with Gasteiger partial charge in [-0.3, -0.25) is 0 Å². The third kappa shape index (κ3) is 4.63. The zero-order valence-electron chi connectivity index (χ0n) is 14.7. The van der Waals surface area contributed by atoms with Crippen molar-refractivity contribution in [2.75, 3.05) is 0 Å². The summed E-state index contributed by atoms with van der Waals surface area (Å²) in [6.07, 6.45) is 0.559. The van der Waals surface area contributed by atoms with Gasteiger partial charge in [0.2, 0.25) is 10.0 Å². The van der Waals surface area contributed by atoms with E-state index in [0.29, 0.717) is 12.0 Å². The number of alkyl halides is 1. The molecule has 0 aliphatic rings. The first-order valence-corrected chi connectivity index (χ1v) is 10.2. The van der Waals surface area contributed by atoms with Crippen LogP contribution in [0.25, 0.3) is 0 Å². The minimum atomic E-state index is -3.75. The molecule has 0 aliphatic heterocycles. The summed E-state index contributed by atoms with van der Waals surface area (Å²) in [5.74, 6) is -1.02. The average Bonchev–Trinajstić information content (AvgIpc) is 2.62. The molecular formula is C19H22ClNO4S. The van der Waals surface area contributed by atoms with Crippen molar-refractivity contribution in [3.63, 3.8) is 0 Å². The Morgan fingerprint density at radius 2 is 1.69 bits per heavy atom. The molecule has 0 bridgehead atoms. The normalized spacial score (nSPS) is 14.2. The van der Waals surface area contributed by atoms with Crippen LogP contribution in [0.1, 0.15) is 36.2 Å². The van der Waals surface area contributed by atoms with Crippen LogP contribution in [0, 0.1) is 0 Å². The number of hydrogen-bond acceptors (Lipinski definition) is 3. The summed E-state index contributed by atoms with van der Waals surface area (Å²) in [7, 11) is -3.75. The zero-order valence-corrected chi connectivity index (χ0v) is 16.2. The van der Waals surface area contributed by atoms with Gasteiger partial charge in [-0.05, 0) is 43.2 Å². The number of sulfonamides is 1. The molecule has 0 spiro atoms. The molecule has 2 atom stereocenters. The molecule has 5 nitrogen and oxygen atoms in total. The van der Waals surface area contributed by atoms with Crippen LogP contribution in [0.5, 0.6) is 0 Å². The van der Waals surface area contributed by atoms with E-state index in [4.69, 9.17) is 16.7 Å². The molecule has 0 radical (unpaired) electrons. The van der Waals surface area contributed by atoms with Crippen molar-refractivity contribution in [3.8, 4) is 0 Å². The Labute approximate surface area is 159 Å². The highest BCUT2D eigenvalue weighted by atomic mass is 35.5. The summed E-state index contributed by atoms with van der Waals surface area (Å²) < 4.78 is 27.8. The van der Waals surface area contributed by atoms with E-state index in [9.17, 15) is 13.2 Å². The summed E-state index contributed by atoms with van der Waals surface area (Å²) in [5.41, 5.74) is 0.856. The number of carbonyl (C=O) groups is 1. The largest absolute Gasteiger partial charge is 0.478 e. The SMILES string of the molecule is CCC(C(C)Cl)N(Cc1ccc(C(=O)O)cc1)S(=O)(=O)c1ccccc1. The number of carboxylic acids is 1. The summed E-state index contributed by atoms with van der Waals surface area (Å²) in [4.78, 5) is 11.2. The number of benzene rings is 2. The molecule has 140 valence electrons. The van der Waals surface area contributed by atoms with Crippen molar-refractivity contribution in [3.05, 3.63) is 65.7 Å². The molecule has 2 rings (SSSR count). The lowest BCUT2D eigenvalue weighted by Crippen LogP contribution is -2.43. The number of hydrogen-bond donors (Lipinski definition) is 1. The Morgan fingerprint density at radius 3 is 2.15 bits per heavy atom. The summed E-state index contributed by atoms with van der Waals surface area (Å²) in [6.45, 7) is 3.79. The van der Waals surface area contributed by atoms with E-state index in [2.05, 4.69) is 0 Å². The molecule has 2 unspecified atom stereocenters. The van der Waals surface area contributed by atoms with Gasteiger partial charge in [-0.25, -0.2) is 13.2 Å². The standard InChI is InChI=1S/C19H22ClNO4S/c1-3-18(14(2)20)21(26(24,25)17-7-5-4-6-8-17)13-15-9-11-16(12-10-15)19(22)23/h4-12,14,18H,3,13H2,1-2H3,(H,22,23). The van der Waals surface area contributed by atoms with Gasteiger partial charge in [0.05, 0.1) is 10.5 Å². The summed E-state index contributed by atoms with van der Waals surface area (Å²) in [5, 5.41) is 8.63. The molecule has 7 heteroatoms. The van der Waals surface area contributed by atoms with E-state index < -0.39 is 16.0 Å². The van der Waals surface area contributed by atoms with E-state index in [1.165, 1.54) is 16.4 Å². The number of nitrogens with zero attached hydrogens (tertiary/aromatic N) is 1. The molecule has 0 aliphatic carbocycles. The highest BCUT2D eigenvalue weighted by Gasteiger charge is 2.33. The first kappa shape index (κ1) is 20.4. The van der Waals surface area contributed by atoms with Gasteiger partial charge in [0.25, 0.3) is 0 Å². The first-order chi connectivity index (χ1) is 12.3. The lowest BCUT2D eigenvalue weighted by atomic mass is 10.1. The topological polar surface area (TPSA) is 74.7 Å². The molecule has 0 amide bonds. The second-order valence-electron chi connectivity index (χ2n) is 6.02. The molecule has 0 heterocycles. The number of carboxylic acid groups (broad SMARTS) is 1. The minimum Gasteiger partial charge on any atom is -0.478 e. The Balaban J connectivity index is 2.43. The molecule has 0 fully saturated rings. The molecule has 1 N–H and O–H groups in total. The Morgan fingerprint density at radius 1 is 1.12 bits per heavy atom. The van der Waals surface area contributed by atoms with Gasteiger partial charge in [-0.2, -0.15) is 4.31 Å². The predicted molar refractivity (Wildman–Crippen MR) is 102 cm³/mol. The van der Waals surface area contributed by atoms with Crippen molar-refractivity contribution in [2.24, 2.45) is 0 Å². The fourth-order valence-corrected chi connectivity index (χ4v) is 4.96. The average molecular weight is 396 g/mol. The van der Waals surface area contributed by atoms with Gasteiger partial charge in [0, 0.05) is 18.0 Å². The molecule has 0 saturated carbocycles. The van der Waals surface area contributed by atoms with Crippen LogP contribution in [0.15, 0.2) is 59.5 Å². The monoisotopic (exact) mass is 395 g/mol. The second-order valence-corrected chi connectivity index (χ2v) is 8.60. The maximum absolute atomic E-state index is 13.2. The highest BCUT2D eigenvalue weighted by Crippen LogP contribution is 2.26. The Kier molecular flexibility index (Phi) is 6.81. The lowest BCUT2D eigenvalue weighted by molar-refractivity contribution is 0.0697. The zero-order chi connectivity index (χ0) is 19.3. The minimum absolute atomic E-state index is 0.118. The van der Waals surface area contributed by atoms with Crippen LogP contribution in [0.3, 0.4) is 0 Å². The summed E-state index contributed by atoms with van der Waals surface area (Å²) in [6, 6.07) is 14.0. The number of halogens is 1. The van der Waals surface area contributed by atoms with Crippen LogP contribution in [-0.4, -0.2) is 35.2 Å². The molecule has 26 heavy (non-hydrogen) atoms. The molecular weight excluding hydrogens is 374 g/mol. The quantitative estimate of drug-likeness (QED) is 0.686. The second kappa shape index (κ2) is 8.66. The van der Waals surface area contributed by atoms with Crippen molar-refractivity contribution in [2.45, 2.75) is 43.1 Å². The fourth-order valence-electron chi connectivity index (χ4n) is 2.80. The van der Waals surface area contributed by atoms with E-state index >= 15 is 0 Å². The van der Waals surface area contributed by atoms with Crippen molar-refractivity contribution < 1.29 is 18.3 Å². The van der Waals surface area contributed by atoms with E-state index in [0.717, 1.165) is 0 Å². The highest BCUT2D eigenvalue weighted by molar-refractivity contribution is 7.89. The fraction of sp³-hybridized carbons (Fsp3) is 0.316. The molecule has 0 saturated heterocycles. The van der Waals surface area contributed by atoms with E-state index in [-0.39, 0.29) is 28.4 Å². The maximum Gasteiger partial charge on any atom is 0.335 e. The van der Waals surface area contributed by atoms with Crippen LogP contribution in [-0.2, 0) is 16.6 Å². The Bertz CT molecular complexity index is 836. The van der Waals surface area contributed by atoms with Gasteiger partial charge in [0.15, 0.2) is 0 Å². The third-order valence-corrected chi connectivity index (χ3v) is 6.38. The smallest absolute Gasteiger partial charge is 0.335 e. The van der Waals surface area contributed by atoms with Crippen LogP contribution in [0.4, 0.5) is 0 Å². The lowest BCUT2D eigenvalue weighted by Gasteiger charge is -2.32.